The highest BCUT2D eigenvalue weighted by molar-refractivity contribution is 5.55. The Morgan fingerprint density at radius 3 is 2.72 bits per heavy atom. The van der Waals surface area contributed by atoms with Crippen LogP contribution in [0.5, 0.6) is 0 Å². The zero-order valence-corrected chi connectivity index (χ0v) is 11.3. The lowest BCUT2D eigenvalue weighted by Gasteiger charge is -2.09. The number of unbranched alkanes of at least 4 members (excludes halogenated alkanes) is 1. The molecule has 0 saturated heterocycles. The van der Waals surface area contributed by atoms with Crippen LogP contribution in [-0.2, 0) is 4.74 Å². The van der Waals surface area contributed by atoms with E-state index in [1.165, 1.54) is 0 Å². The second-order valence-electron chi connectivity index (χ2n) is 4.14. The molecule has 0 aromatic carbocycles. The second-order valence-corrected chi connectivity index (χ2v) is 4.14. The van der Waals surface area contributed by atoms with Gasteiger partial charge in [0, 0.05) is 13.2 Å². The number of nitriles is 1. The maximum absolute atomic E-state index is 9.11. The Labute approximate surface area is 108 Å². The van der Waals surface area contributed by atoms with Crippen molar-refractivity contribution < 1.29 is 4.74 Å². The molecule has 98 valence electrons. The lowest BCUT2D eigenvalue weighted by atomic mass is 10.1. The van der Waals surface area contributed by atoms with Crippen molar-refractivity contribution in [3.8, 4) is 6.07 Å². The third kappa shape index (κ3) is 3.97. The molecule has 1 N–H and O–H groups in total. The number of aryl methyl sites for hydroxylation is 1. The van der Waals surface area contributed by atoms with E-state index >= 15 is 0 Å². The van der Waals surface area contributed by atoms with E-state index in [0.29, 0.717) is 24.5 Å². The average molecular weight is 248 g/mol. The van der Waals surface area contributed by atoms with Gasteiger partial charge in [-0.3, -0.25) is 0 Å². The van der Waals surface area contributed by atoms with Gasteiger partial charge < -0.3 is 10.1 Å². The maximum Gasteiger partial charge on any atom is 0.167 e. The van der Waals surface area contributed by atoms with Crippen molar-refractivity contribution in [3.05, 3.63) is 16.8 Å². The van der Waals surface area contributed by atoms with Gasteiger partial charge in [-0.15, -0.1) is 5.10 Å². The topological polar surface area (TPSA) is 70.8 Å². The molecular weight excluding hydrogens is 228 g/mol. The molecule has 1 rings (SSSR count). The predicted octanol–water partition coefficient (Wildman–Crippen LogP) is 2.19. The number of nitrogens with zero attached hydrogens (tertiary/aromatic N) is 3. The van der Waals surface area contributed by atoms with E-state index in [-0.39, 0.29) is 0 Å². The first-order valence-corrected chi connectivity index (χ1v) is 6.26. The summed E-state index contributed by atoms with van der Waals surface area (Å²) in [6.45, 7) is 7.88. The summed E-state index contributed by atoms with van der Waals surface area (Å²) in [5.74, 6) is 0.541. The van der Waals surface area contributed by atoms with Crippen molar-refractivity contribution in [1.82, 2.24) is 10.2 Å². The average Bonchev–Trinajstić information content (AvgIpc) is 2.38. The smallest absolute Gasteiger partial charge is 0.167 e. The van der Waals surface area contributed by atoms with E-state index in [2.05, 4.69) is 28.5 Å². The largest absolute Gasteiger partial charge is 0.380 e. The predicted molar refractivity (Wildman–Crippen MR) is 70.4 cm³/mol. The van der Waals surface area contributed by atoms with Gasteiger partial charge in [0.25, 0.3) is 0 Å². The molecule has 1 heterocycles. The van der Waals surface area contributed by atoms with Crippen LogP contribution < -0.4 is 5.32 Å². The van der Waals surface area contributed by atoms with Gasteiger partial charge in [0.05, 0.1) is 12.3 Å². The Balaban J connectivity index is 2.48. The van der Waals surface area contributed by atoms with Crippen molar-refractivity contribution >= 4 is 5.82 Å². The van der Waals surface area contributed by atoms with Crippen LogP contribution in [0.25, 0.3) is 0 Å². The highest BCUT2D eigenvalue weighted by Gasteiger charge is 2.09. The molecule has 0 unspecified atom stereocenters. The summed E-state index contributed by atoms with van der Waals surface area (Å²) >= 11 is 0. The highest BCUT2D eigenvalue weighted by Crippen LogP contribution is 2.16. The molecule has 0 aliphatic carbocycles. The molecule has 0 atom stereocenters. The number of hydrogen-bond donors (Lipinski definition) is 1. The van der Waals surface area contributed by atoms with E-state index in [1.54, 1.807) is 0 Å². The normalized spacial score (nSPS) is 10.1. The summed E-state index contributed by atoms with van der Waals surface area (Å²) in [7, 11) is 0. The third-order valence-electron chi connectivity index (χ3n) is 2.75. The van der Waals surface area contributed by atoms with Crippen molar-refractivity contribution in [2.45, 2.75) is 33.6 Å². The van der Waals surface area contributed by atoms with Crippen LogP contribution in [0.3, 0.4) is 0 Å². The molecule has 0 amide bonds. The second kappa shape index (κ2) is 7.62. The minimum atomic E-state index is 0.541. The Bertz CT molecular complexity index is 426. The van der Waals surface area contributed by atoms with Crippen LogP contribution >= 0.6 is 0 Å². The standard InChI is InChI=1S/C13H20N4O/c1-4-5-7-18-8-6-15-13-12(9-14)10(2)11(3)16-17-13/h4-8H2,1-3H3,(H,15,17). The number of anilines is 1. The molecule has 0 saturated carbocycles. The van der Waals surface area contributed by atoms with Gasteiger partial charge in [-0.2, -0.15) is 10.4 Å². The van der Waals surface area contributed by atoms with Gasteiger partial charge in [-0.05, 0) is 25.8 Å². The fourth-order valence-corrected chi connectivity index (χ4v) is 1.46. The van der Waals surface area contributed by atoms with Gasteiger partial charge in [-0.1, -0.05) is 13.3 Å². The fourth-order valence-electron chi connectivity index (χ4n) is 1.46. The molecule has 1 aromatic rings. The lowest BCUT2D eigenvalue weighted by Crippen LogP contribution is -2.13. The number of ether oxygens (including phenoxy) is 1. The van der Waals surface area contributed by atoms with Crippen molar-refractivity contribution in [2.24, 2.45) is 0 Å². The maximum atomic E-state index is 9.11. The summed E-state index contributed by atoms with van der Waals surface area (Å²) < 4.78 is 5.43. The lowest BCUT2D eigenvalue weighted by molar-refractivity contribution is 0.141. The van der Waals surface area contributed by atoms with Crippen molar-refractivity contribution in [1.29, 1.82) is 5.26 Å². The Morgan fingerprint density at radius 1 is 1.28 bits per heavy atom. The van der Waals surface area contributed by atoms with Gasteiger partial charge >= 0.3 is 0 Å². The summed E-state index contributed by atoms with van der Waals surface area (Å²) in [4.78, 5) is 0. The summed E-state index contributed by atoms with van der Waals surface area (Å²) in [6, 6.07) is 2.16. The first-order valence-electron chi connectivity index (χ1n) is 6.26. The molecule has 0 bridgehead atoms. The molecule has 5 nitrogen and oxygen atoms in total. The Morgan fingerprint density at radius 2 is 2.06 bits per heavy atom. The van der Waals surface area contributed by atoms with E-state index in [4.69, 9.17) is 10.00 Å². The summed E-state index contributed by atoms with van der Waals surface area (Å²) in [5, 5.41) is 20.2. The van der Waals surface area contributed by atoms with Gasteiger partial charge in [0.1, 0.15) is 11.6 Å². The summed E-state index contributed by atoms with van der Waals surface area (Å²) in [5.41, 5.74) is 2.23. The molecular formula is C13H20N4O. The minimum Gasteiger partial charge on any atom is -0.380 e. The van der Waals surface area contributed by atoms with Gasteiger partial charge in [-0.25, -0.2) is 0 Å². The van der Waals surface area contributed by atoms with Crippen LogP contribution in [-0.4, -0.2) is 30.0 Å². The molecule has 18 heavy (non-hydrogen) atoms. The van der Waals surface area contributed by atoms with Crippen LogP contribution in [0, 0.1) is 25.2 Å². The minimum absolute atomic E-state index is 0.541. The van der Waals surface area contributed by atoms with Gasteiger partial charge in [0.2, 0.25) is 0 Å². The first-order chi connectivity index (χ1) is 8.70. The van der Waals surface area contributed by atoms with E-state index in [9.17, 15) is 0 Å². The molecule has 0 aliphatic rings. The number of nitrogens with one attached hydrogen (secondary N) is 1. The van der Waals surface area contributed by atoms with Crippen LogP contribution in [0.2, 0.25) is 0 Å². The van der Waals surface area contributed by atoms with Crippen molar-refractivity contribution in [3.63, 3.8) is 0 Å². The van der Waals surface area contributed by atoms with Gasteiger partial charge in [0.15, 0.2) is 5.82 Å². The summed E-state index contributed by atoms with van der Waals surface area (Å²) in [6.07, 6.45) is 2.21. The molecule has 1 aromatic heterocycles. The quantitative estimate of drug-likeness (QED) is 0.749. The van der Waals surface area contributed by atoms with E-state index < -0.39 is 0 Å². The van der Waals surface area contributed by atoms with Crippen LogP contribution in [0.4, 0.5) is 5.82 Å². The van der Waals surface area contributed by atoms with E-state index in [1.807, 2.05) is 13.8 Å². The molecule has 0 radical (unpaired) electrons. The molecule has 0 spiro atoms. The Hall–Kier alpha value is -1.67. The zero-order chi connectivity index (χ0) is 13.4. The first kappa shape index (κ1) is 14.4. The monoisotopic (exact) mass is 248 g/mol. The highest BCUT2D eigenvalue weighted by atomic mass is 16.5. The SMILES string of the molecule is CCCCOCCNc1nnc(C)c(C)c1C#N. The number of hydrogen-bond acceptors (Lipinski definition) is 5. The number of aromatic nitrogens is 2. The Kier molecular flexibility index (Phi) is 6.09. The zero-order valence-electron chi connectivity index (χ0n) is 11.3. The van der Waals surface area contributed by atoms with Crippen LogP contribution in [0.15, 0.2) is 0 Å². The molecule has 0 fully saturated rings. The van der Waals surface area contributed by atoms with Crippen molar-refractivity contribution in [2.75, 3.05) is 25.1 Å². The van der Waals surface area contributed by atoms with Crippen LogP contribution in [0.1, 0.15) is 36.6 Å². The van der Waals surface area contributed by atoms with E-state index in [0.717, 1.165) is 30.7 Å². The fraction of sp³-hybridized carbons (Fsp3) is 0.615. The molecule has 5 heteroatoms. The third-order valence-corrected chi connectivity index (χ3v) is 2.75. The molecule has 0 aliphatic heterocycles. The number of rotatable bonds is 7.